The molecule has 0 aliphatic carbocycles. The van der Waals surface area contributed by atoms with Crippen molar-refractivity contribution in [2.24, 2.45) is 0 Å². The number of ether oxygens (including phenoxy) is 2. The van der Waals surface area contributed by atoms with Crippen LogP contribution in [-0.4, -0.2) is 22.5 Å². The molecule has 0 bridgehead atoms. The number of hydrogen-bond donors (Lipinski definition) is 0. The highest BCUT2D eigenvalue weighted by Gasteiger charge is 2.18. The van der Waals surface area contributed by atoms with Crippen LogP contribution >= 0.6 is 11.3 Å². The molecule has 0 aliphatic heterocycles. The highest BCUT2D eigenvalue weighted by molar-refractivity contribution is 7.17. The lowest BCUT2D eigenvalue weighted by molar-refractivity contribution is 0.0738. The molecular weight excluding hydrogens is 336 g/mol. The van der Waals surface area contributed by atoms with Crippen molar-refractivity contribution in [1.29, 1.82) is 0 Å². The lowest BCUT2D eigenvalue weighted by Crippen LogP contribution is -2.08. The summed E-state index contributed by atoms with van der Waals surface area (Å²) >= 11 is 1.28. The molecule has 0 N–H and O–H groups in total. The van der Waals surface area contributed by atoms with E-state index < -0.39 is 5.97 Å². The van der Waals surface area contributed by atoms with E-state index in [9.17, 15) is 4.79 Å². The van der Waals surface area contributed by atoms with Crippen LogP contribution in [0.3, 0.4) is 0 Å². The normalized spacial score (nSPS) is 10.5. The van der Waals surface area contributed by atoms with Gasteiger partial charge in [-0.25, -0.2) is 9.78 Å². The molecule has 3 aromatic rings. The number of rotatable bonds is 6. The summed E-state index contributed by atoms with van der Waals surface area (Å²) in [5, 5.41) is 0.702. The molecule has 3 rings (SSSR count). The molecule has 2 aromatic heterocycles. The van der Waals surface area contributed by atoms with Gasteiger partial charge in [0.1, 0.15) is 21.4 Å². The minimum absolute atomic E-state index is 0.417. The first-order valence-electron chi connectivity index (χ1n) is 8.01. The van der Waals surface area contributed by atoms with Crippen LogP contribution in [-0.2, 0) is 0 Å². The smallest absolute Gasteiger partial charge is 0.355 e. The third kappa shape index (κ3) is 4.22. The summed E-state index contributed by atoms with van der Waals surface area (Å²) in [6, 6.07) is 12.6. The fourth-order valence-corrected chi connectivity index (χ4v) is 3.08. The molecule has 0 saturated carbocycles. The van der Waals surface area contributed by atoms with Gasteiger partial charge in [-0.3, -0.25) is 4.98 Å². The van der Waals surface area contributed by atoms with E-state index in [4.69, 9.17) is 9.47 Å². The van der Waals surface area contributed by atoms with Crippen molar-refractivity contribution in [3.63, 3.8) is 0 Å². The van der Waals surface area contributed by atoms with E-state index in [-0.39, 0.29) is 0 Å². The quantitative estimate of drug-likeness (QED) is 0.481. The van der Waals surface area contributed by atoms with Crippen molar-refractivity contribution in [3.8, 4) is 22.2 Å². The van der Waals surface area contributed by atoms with E-state index in [1.165, 1.54) is 11.3 Å². The second-order valence-electron chi connectivity index (χ2n) is 5.36. The number of hydrogen-bond acceptors (Lipinski definition) is 6. The Hall–Kier alpha value is -2.73. The molecule has 0 unspecified atom stereocenters. The van der Waals surface area contributed by atoms with Crippen LogP contribution in [0.4, 0.5) is 0 Å². The van der Waals surface area contributed by atoms with Crippen molar-refractivity contribution in [2.75, 3.05) is 6.61 Å². The van der Waals surface area contributed by atoms with Crippen LogP contribution in [0.25, 0.3) is 10.7 Å². The Morgan fingerprint density at radius 3 is 2.56 bits per heavy atom. The first-order chi connectivity index (χ1) is 12.2. The molecule has 0 aliphatic rings. The molecule has 25 heavy (non-hydrogen) atoms. The molecule has 0 spiro atoms. The summed E-state index contributed by atoms with van der Waals surface area (Å²) in [5.41, 5.74) is 1.38. The van der Waals surface area contributed by atoms with Gasteiger partial charge in [0.05, 0.1) is 18.0 Å². The molecular formula is C19H18N2O3S. The molecule has 6 heteroatoms. The largest absolute Gasteiger partial charge is 0.494 e. The summed E-state index contributed by atoms with van der Waals surface area (Å²) in [7, 11) is 0. The van der Waals surface area contributed by atoms with Crippen LogP contribution in [0, 0.1) is 6.92 Å². The van der Waals surface area contributed by atoms with Gasteiger partial charge >= 0.3 is 5.97 Å². The SMILES string of the molecule is CCCOc1ccc(OC(=O)c2sc(-c3ccccn3)nc2C)cc1. The fraction of sp³-hybridized carbons (Fsp3) is 0.211. The van der Waals surface area contributed by atoms with Crippen molar-refractivity contribution in [1.82, 2.24) is 9.97 Å². The first-order valence-corrected chi connectivity index (χ1v) is 8.83. The summed E-state index contributed by atoms with van der Waals surface area (Å²) < 4.78 is 11.0. The number of pyridine rings is 1. The third-order valence-corrected chi connectivity index (χ3v) is 4.53. The standard InChI is InChI=1S/C19H18N2O3S/c1-3-12-23-14-7-9-15(10-8-14)24-19(22)17-13(2)21-18(25-17)16-6-4-5-11-20-16/h4-11H,3,12H2,1-2H3. The predicted octanol–water partition coefficient (Wildman–Crippen LogP) is 4.52. The maximum atomic E-state index is 12.4. The second-order valence-corrected chi connectivity index (χ2v) is 6.36. The van der Waals surface area contributed by atoms with E-state index in [2.05, 4.69) is 9.97 Å². The summed E-state index contributed by atoms with van der Waals surface area (Å²) in [4.78, 5) is 21.6. The fourth-order valence-electron chi connectivity index (χ4n) is 2.16. The molecule has 1 aromatic carbocycles. The zero-order valence-corrected chi connectivity index (χ0v) is 14.9. The lowest BCUT2D eigenvalue weighted by atomic mass is 10.3. The van der Waals surface area contributed by atoms with Crippen LogP contribution in [0.1, 0.15) is 28.7 Å². The number of nitrogens with zero attached hydrogens (tertiary/aromatic N) is 2. The maximum absolute atomic E-state index is 12.4. The number of carbonyl (C=O) groups is 1. The van der Waals surface area contributed by atoms with E-state index in [1.54, 1.807) is 37.4 Å². The maximum Gasteiger partial charge on any atom is 0.355 e. The van der Waals surface area contributed by atoms with E-state index in [0.717, 1.165) is 17.9 Å². The van der Waals surface area contributed by atoms with Crippen LogP contribution in [0.5, 0.6) is 11.5 Å². The Bertz CT molecular complexity index is 845. The van der Waals surface area contributed by atoms with Gasteiger partial charge in [0.25, 0.3) is 0 Å². The molecule has 0 atom stereocenters. The number of thiazole rings is 1. The summed E-state index contributed by atoms with van der Waals surface area (Å²) in [6.07, 6.45) is 2.65. The Morgan fingerprint density at radius 1 is 1.12 bits per heavy atom. The van der Waals surface area contributed by atoms with Gasteiger partial charge < -0.3 is 9.47 Å². The Kier molecular flexibility index (Phi) is 5.40. The Balaban J connectivity index is 1.72. The molecule has 2 heterocycles. The summed E-state index contributed by atoms with van der Waals surface area (Å²) in [6.45, 7) is 4.50. The number of aryl methyl sites for hydroxylation is 1. The van der Waals surface area contributed by atoms with Crippen molar-refractivity contribution in [2.45, 2.75) is 20.3 Å². The van der Waals surface area contributed by atoms with Gasteiger partial charge in [0.2, 0.25) is 0 Å². The average Bonchev–Trinajstić information content (AvgIpc) is 3.04. The molecule has 0 fully saturated rings. The van der Waals surface area contributed by atoms with Crippen molar-refractivity contribution in [3.05, 3.63) is 59.2 Å². The predicted molar refractivity (Wildman–Crippen MR) is 97.3 cm³/mol. The highest BCUT2D eigenvalue weighted by atomic mass is 32.1. The average molecular weight is 354 g/mol. The number of esters is 1. The van der Waals surface area contributed by atoms with Crippen LogP contribution in [0.15, 0.2) is 48.7 Å². The molecule has 0 amide bonds. The third-order valence-electron chi connectivity index (χ3n) is 3.37. The highest BCUT2D eigenvalue weighted by Crippen LogP contribution is 2.28. The Labute approximate surface area is 150 Å². The lowest BCUT2D eigenvalue weighted by Gasteiger charge is -2.06. The van der Waals surface area contributed by atoms with Gasteiger partial charge in [-0.05, 0) is 49.7 Å². The van der Waals surface area contributed by atoms with Gasteiger partial charge in [-0.2, -0.15) is 0 Å². The van der Waals surface area contributed by atoms with Gasteiger partial charge in [-0.15, -0.1) is 11.3 Å². The van der Waals surface area contributed by atoms with Gasteiger partial charge in [0.15, 0.2) is 0 Å². The topological polar surface area (TPSA) is 61.3 Å². The second kappa shape index (κ2) is 7.90. The van der Waals surface area contributed by atoms with E-state index in [1.807, 2.05) is 25.1 Å². The minimum Gasteiger partial charge on any atom is -0.494 e. The van der Waals surface area contributed by atoms with E-state index >= 15 is 0 Å². The summed E-state index contributed by atoms with van der Waals surface area (Å²) in [5.74, 6) is 0.813. The first kappa shape index (κ1) is 17.1. The number of carbonyl (C=O) groups excluding carboxylic acids is 1. The molecule has 0 saturated heterocycles. The zero-order valence-electron chi connectivity index (χ0n) is 14.1. The zero-order chi connectivity index (χ0) is 17.6. The van der Waals surface area contributed by atoms with Crippen molar-refractivity contribution >= 4 is 17.3 Å². The number of aromatic nitrogens is 2. The Morgan fingerprint density at radius 2 is 1.88 bits per heavy atom. The van der Waals surface area contributed by atoms with Gasteiger partial charge in [-0.1, -0.05) is 13.0 Å². The van der Waals surface area contributed by atoms with Crippen molar-refractivity contribution < 1.29 is 14.3 Å². The van der Waals surface area contributed by atoms with E-state index in [0.29, 0.717) is 27.9 Å². The molecule has 0 radical (unpaired) electrons. The van der Waals surface area contributed by atoms with Gasteiger partial charge in [0, 0.05) is 6.20 Å². The minimum atomic E-state index is -0.417. The number of benzene rings is 1. The molecule has 128 valence electrons. The van der Waals surface area contributed by atoms with Crippen LogP contribution in [0.2, 0.25) is 0 Å². The monoisotopic (exact) mass is 354 g/mol. The molecule has 5 nitrogen and oxygen atoms in total. The van der Waals surface area contributed by atoms with Crippen LogP contribution < -0.4 is 9.47 Å².